The topological polar surface area (TPSA) is 68.2 Å². The number of pyridine rings is 1. The third kappa shape index (κ3) is 2.02. The number of hydrogen-bond acceptors (Lipinski definition) is 4. The number of halogens is 1. The summed E-state index contributed by atoms with van der Waals surface area (Å²) in [6.45, 7) is 0. The Labute approximate surface area is 112 Å². The Kier molecular flexibility index (Phi) is 2.64. The van der Waals surface area contributed by atoms with E-state index in [1.165, 1.54) is 0 Å². The van der Waals surface area contributed by atoms with Gasteiger partial charge in [0.05, 0.1) is 0 Å². The van der Waals surface area contributed by atoms with Crippen LogP contribution in [0.1, 0.15) is 0 Å². The molecule has 0 saturated carbocycles. The molecule has 6 heteroatoms. The van der Waals surface area contributed by atoms with E-state index < -0.39 is 0 Å². The fourth-order valence-electron chi connectivity index (χ4n) is 1.62. The highest BCUT2D eigenvalue weighted by Gasteiger charge is 2.05. The van der Waals surface area contributed by atoms with Crippen LogP contribution in [0.3, 0.4) is 0 Å². The molecule has 0 aliphatic heterocycles. The zero-order valence-electron chi connectivity index (χ0n) is 9.34. The maximum Gasteiger partial charge on any atom is 0.247 e. The van der Waals surface area contributed by atoms with Crippen LogP contribution in [0.25, 0.3) is 5.65 Å². The van der Waals surface area contributed by atoms with Crippen molar-refractivity contribution in [1.82, 2.24) is 14.6 Å². The molecule has 3 rings (SSSR count). The zero-order chi connectivity index (χ0) is 12.5. The van der Waals surface area contributed by atoms with Crippen molar-refractivity contribution in [1.29, 1.82) is 0 Å². The first-order valence-corrected chi connectivity index (χ1v) is 6.15. The molecule has 2 aromatic heterocycles. The molecule has 0 aliphatic carbocycles. The molecule has 0 radical (unpaired) electrons. The number of aromatic nitrogens is 3. The molecular formula is C12H10BrN5. The Morgan fingerprint density at radius 2 is 1.89 bits per heavy atom. The van der Waals surface area contributed by atoms with Crippen LogP contribution < -0.4 is 11.1 Å². The lowest BCUT2D eigenvalue weighted by atomic mass is 10.3. The van der Waals surface area contributed by atoms with Crippen LogP contribution in [0, 0.1) is 0 Å². The second kappa shape index (κ2) is 4.30. The first-order valence-electron chi connectivity index (χ1n) is 5.36. The van der Waals surface area contributed by atoms with Crippen molar-refractivity contribution < 1.29 is 0 Å². The summed E-state index contributed by atoms with van der Waals surface area (Å²) in [6, 6.07) is 13.1. The minimum absolute atomic E-state index is 0.548. The maximum atomic E-state index is 5.63. The summed E-state index contributed by atoms with van der Waals surface area (Å²) in [4.78, 5) is 4.37. The molecular weight excluding hydrogens is 294 g/mol. The Morgan fingerprint density at radius 3 is 2.61 bits per heavy atom. The monoisotopic (exact) mass is 303 g/mol. The van der Waals surface area contributed by atoms with Gasteiger partial charge in [0.2, 0.25) is 5.95 Å². The highest BCUT2D eigenvalue weighted by Crippen LogP contribution is 2.17. The summed E-state index contributed by atoms with van der Waals surface area (Å²) in [6.07, 6.45) is 0. The molecule has 18 heavy (non-hydrogen) atoms. The van der Waals surface area contributed by atoms with Crippen molar-refractivity contribution >= 4 is 38.9 Å². The summed E-state index contributed by atoms with van der Waals surface area (Å²) >= 11 is 3.42. The van der Waals surface area contributed by atoms with Crippen LogP contribution in [0.5, 0.6) is 0 Å². The maximum absolute atomic E-state index is 5.63. The van der Waals surface area contributed by atoms with E-state index in [0.717, 1.165) is 21.6 Å². The number of nitrogen functional groups attached to an aromatic ring is 1. The second-order valence-corrected chi connectivity index (χ2v) is 4.61. The average Bonchev–Trinajstić information content (AvgIpc) is 2.76. The highest BCUT2D eigenvalue weighted by molar-refractivity contribution is 9.10. The van der Waals surface area contributed by atoms with Crippen molar-refractivity contribution in [2.75, 3.05) is 11.1 Å². The van der Waals surface area contributed by atoms with Gasteiger partial charge >= 0.3 is 0 Å². The Morgan fingerprint density at radius 1 is 1.11 bits per heavy atom. The van der Waals surface area contributed by atoms with E-state index in [2.05, 4.69) is 31.3 Å². The van der Waals surface area contributed by atoms with E-state index in [1.807, 2.05) is 42.5 Å². The molecule has 0 spiro atoms. The molecule has 0 unspecified atom stereocenters. The van der Waals surface area contributed by atoms with E-state index in [1.54, 1.807) is 4.52 Å². The van der Waals surface area contributed by atoms with E-state index in [-0.39, 0.29) is 0 Å². The summed E-state index contributed by atoms with van der Waals surface area (Å²) < 4.78 is 2.58. The Hall–Kier alpha value is -2.08. The summed E-state index contributed by atoms with van der Waals surface area (Å²) in [5.74, 6) is 0.548. The van der Waals surface area contributed by atoms with Crippen LogP contribution in [0.4, 0.5) is 17.3 Å². The molecule has 3 aromatic rings. The van der Waals surface area contributed by atoms with E-state index >= 15 is 0 Å². The molecule has 0 fully saturated rings. The van der Waals surface area contributed by atoms with Crippen LogP contribution in [0.2, 0.25) is 0 Å². The van der Waals surface area contributed by atoms with Gasteiger partial charge in [0, 0.05) is 11.4 Å². The summed E-state index contributed by atoms with van der Waals surface area (Å²) in [7, 11) is 0. The predicted molar refractivity (Wildman–Crippen MR) is 74.8 cm³/mol. The molecule has 0 amide bonds. The van der Waals surface area contributed by atoms with Gasteiger partial charge in [-0.05, 0) is 52.3 Å². The number of fused-ring (bicyclic) bond motifs is 1. The Bertz CT molecular complexity index is 689. The highest BCUT2D eigenvalue weighted by atomic mass is 79.9. The van der Waals surface area contributed by atoms with Crippen LogP contribution in [-0.4, -0.2) is 14.6 Å². The van der Waals surface area contributed by atoms with Crippen molar-refractivity contribution in [3.63, 3.8) is 0 Å². The van der Waals surface area contributed by atoms with E-state index in [4.69, 9.17) is 5.73 Å². The number of nitrogens with two attached hydrogens (primary N) is 1. The third-order valence-electron chi connectivity index (χ3n) is 2.48. The molecule has 1 aromatic carbocycles. The number of nitrogens with one attached hydrogen (secondary N) is 1. The number of hydrogen-bond donors (Lipinski definition) is 2. The largest absolute Gasteiger partial charge is 0.399 e. The molecule has 3 N–H and O–H groups in total. The van der Waals surface area contributed by atoms with Crippen molar-refractivity contribution in [2.45, 2.75) is 0 Å². The summed E-state index contributed by atoms with van der Waals surface area (Å²) in [5, 5.41) is 7.47. The van der Waals surface area contributed by atoms with Gasteiger partial charge in [-0.1, -0.05) is 6.07 Å². The fraction of sp³-hybridized carbons (Fsp3) is 0. The SMILES string of the molecule is Nc1ccc(Nc2nc3cccc(Br)n3n2)cc1. The normalized spacial score (nSPS) is 10.7. The lowest BCUT2D eigenvalue weighted by Gasteiger charge is -2.01. The van der Waals surface area contributed by atoms with Gasteiger partial charge in [-0.15, -0.1) is 5.10 Å². The van der Waals surface area contributed by atoms with E-state index in [9.17, 15) is 0 Å². The van der Waals surface area contributed by atoms with Gasteiger partial charge in [-0.2, -0.15) is 4.98 Å². The number of rotatable bonds is 2. The zero-order valence-corrected chi connectivity index (χ0v) is 10.9. The van der Waals surface area contributed by atoms with Gasteiger partial charge in [-0.25, -0.2) is 4.52 Å². The Balaban J connectivity index is 1.95. The number of nitrogens with zero attached hydrogens (tertiary/aromatic N) is 3. The molecule has 0 aliphatic rings. The molecule has 0 atom stereocenters. The fourth-order valence-corrected chi connectivity index (χ4v) is 2.04. The van der Waals surface area contributed by atoms with Crippen molar-refractivity contribution in [2.24, 2.45) is 0 Å². The van der Waals surface area contributed by atoms with Gasteiger partial charge in [0.25, 0.3) is 0 Å². The molecule has 90 valence electrons. The van der Waals surface area contributed by atoms with Gasteiger partial charge in [0.1, 0.15) is 4.60 Å². The van der Waals surface area contributed by atoms with Crippen LogP contribution in [-0.2, 0) is 0 Å². The lowest BCUT2D eigenvalue weighted by molar-refractivity contribution is 0.939. The van der Waals surface area contributed by atoms with Crippen LogP contribution in [0.15, 0.2) is 47.1 Å². The number of anilines is 3. The first-order chi connectivity index (χ1) is 8.72. The quantitative estimate of drug-likeness (QED) is 0.564. The minimum Gasteiger partial charge on any atom is -0.399 e. The predicted octanol–water partition coefficient (Wildman–Crippen LogP) is 2.82. The molecule has 0 saturated heterocycles. The van der Waals surface area contributed by atoms with Crippen molar-refractivity contribution in [3.05, 3.63) is 47.1 Å². The average molecular weight is 304 g/mol. The molecule has 2 heterocycles. The van der Waals surface area contributed by atoms with Gasteiger partial charge < -0.3 is 11.1 Å². The third-order valence-corrected chi connectivity index (χ3v) is 3.08. The van der Waals surface area contributed by atoms with Gasteiger partial charge in [0.15, 0.2) is 5.65 Å². The first kappa shape index (κ1) is 11.0. The van der Waals surface area contributed by atoms with Crippen molar-refractivity contribution in [3.8, 4) is 0 Å². The molecule has 0 bridgehead atoms. The number of benzene rings is 1. The van der Waals surface area contributed by atoms with Gasteiger partial charge in [-0.3, -0.25) is 0 Å². The summed E-state index contributed by atoms with van der Waals surface area (Å²) in [5.41, 5.74) is 8.04. The van der Waals surface area contributed by atoms with Crippen LogP contribution >= 0.6 is 15.9 Å². The second-order valence-electron chi connectivity index (χ2n) is 3.80. The molecule has 5 nitrogen and oxygen atoms in total. The standard InChI is InChI=1S/C12H10BrN5/c13-10-2-1-3-11-16-12(17-18(10)11)15-9-6-4-8(14)5-7-9/h1-7H,14H2,(H,15,17). The smallest absolute Gasteiger partial charge is 0.247 e. The minimum atomic E-state index is 0.548. The van der Waals surface area contributed by atoms with E-state index in [0.29, 0.717) is 5.95 Å². The lowest BCUT2D eigenvalue weighted by Crippen LogP contribution is -1.94.